The summed E-state index contributed by atoms with van der Waals surface area (Å²) in [7, 11) is 1.37. The number of hydrogen-bond donors (Lipinski definition) is 2. The summed E-state index contributed by atoms with van der Waals surface area (Å²) in [4.78, 5) is 33.9. The lowest BCUT2D eigenvalue weighted by atomic mass is 10.1. The van der Waals surface area contributed by atoms with E-state index in [0.717, 1.165) is 4.68 Å². The highest BCUT2D eigenvalue weighted by Gasteiger charge is 2.12. The number of halogens is 1. The van der Waals surface area contributed by atoms with Crippen LogP contribution in [0.4, 0.5) is 4.39 Å². The van der Waals surface area contributed by atoms with Gasteiger partial charge in [0.05, 0.1) is 12.8 Å². The van der Waals surface area contributed by atoms with E-state index < -0.39 is 36.3 Å². The van der Waals surface area contributed by atoms with Crippen molar-refractivity contribution >= 4 is 11.9 Å². The second kappa shape index (κ2) is 7.36. The molecule has 2 N–H and O–H groups in total. The lowest BCUT2D eigenvalue weighted by Gasteiger charge is -2.10. The summed E-state index contributed by atoms with van der Waals surface area (Å²) >= 11 is 0. The summed E-state index contributed by atoms with van der Waals surface area (Å²) in [6.45, 7) is -0.997. The number of aliphatic carboxylic acids is 1. The topological polar surface area (TPSA) is 111 Å². The van der Waals surface area contributed by atoms with Crippen molar-refractivity contribution in [2.24, 2.45) is 0 Å². The van der Waals surface area contributed by atoms with Gasteiger partial charge < -0.3 is 15.2 Å². The number of methoxy groups -OCH3 is 1. The number of benzene rings is 1. The number of carbonyl (C=O) groups is 2. The van der Waals surface area contributed by atoms with Gasteiger partial charge in [0.2, 0.25) is 5.91 Å². The molecule has 0 unspecified atom stereocenters. The summed E-state index contributed by atoms with van der Waals surface area (Å²) < 4.78 is 19.2. The van der Waals surface area contributed by atoms with Crippen molar-refractivity contribution in [2.45, 2.75) is 6.54 Å². The summed E-state index contributed by atoms with van der Waals surface area (Å²) in [5, 5.41) is 14.7. The first-order valence-corrected chi connectivity index (χ1v) is 6.81. The maximum absolute atomic E-state index is 13.3. The Balaban J connectivity index is 2.30. The Morgan fingerprint density at radius 1 is 1.33 bits per heavy atom. The number of nitrogens with one attached hydrogen (secondary N) is 1. The molecule has 0 aliphatic carbocycles. The molecular weight excluding hydrogens is 321 g/mol. The predicted molar refractivity (Wildman–Crippen MR) is 81.1 cm³/mol. The van der Waals surface area contributed by atoms with E-state index in [1.165, 1.54) is 37.4 Å². The molecule has 126 valence electrons. The fraction of sp³-hybridized carbons (Fsp3) is 0.200. The van der Waals surface area contributed by atoms with E-state index in [4.69, 9.17) is 9.84 Å². The van der Waals surface area contributed by atoms with Crippen LogP contribution in [0.25, 0.3) is 11.3 Å². The monoisotopic (exact) mass is 335 g/mol. The summed E-state index contributed by atoms with van der Waals surface area (Å²) in [6.07, 6.45) is 0. The number of carboxylic acid groups (broad SMARTS) is 1. The van der Waals surface area contributed by atoms with Gasteiger partial charge in [-0.1, -0.05) is 0 Å². The van der Waals surface area contributed by atoms with Crippen LogP contribution in [0.3, 0.4) is 0 Å². The van der Waals surface area contributed by atoms with Crippen LogP contribution in [0.1, 0.15) is 0 Å². The quantitative estimate of drug-likeness (QED) is 0.783. The van der Waals surface area contributed by atoms with Crippen LogP contribution >= 0.6 is 0 Å². The van der Waals surface area contributed by atoms with Crippen molar-refractivity contribution in [3.63, 3.8) is 0 Å². The van der Waals surface area contributed by atoms with E-state index in [2.05, 4.69) is 10.4 Å². The number of aromatic nitrogens is 2. The second-order valence-electron chi connectivity index (χ2n) is 4.73. The number of ether oxygens (including phenoxy) is 1. The van der Waals surface area contributed by atoms with Gasteiger partial charge in [-0.05, 0) is 18.2 Å². The van der Waals surface area contributed by atoms with Crippen molar-refractivity contribution in [3.05, 3.63) is 46.5 Å². The average molecular weight is 335 g/mol. The third-order valence-electron chi connectivity index (χ3n) is 3.04. The van der Waals surface area contributed by atoms with E-state index in [0.29, 0.717) is 11.3 Å². The van der Waals surface area contributed by atoms with Crippen LogP contribution in [0.5, 0.6) is 5.75 Å². The lowest BCUT2D eigenvalue weighted by molar-refractivity contribution is -0.138. The predicted octanol–water partition coefficient (Wildman–Crippen LogP) is 0.259. The van der Waals surface area contributed by atoms with E-state index in [9.17, 15) is 18.8 Å². The van der Waals surface area contributed by atoms with Crippen molar-refractivity contribution < 1.29 is 23.8 Å². The molecule has 0 aliphatic rings. The number of amides is 1. The van der Waals surface area contributed by atoms with E-state index >= 15 is 0 Å². The van der Waals surface area contributed by atoms with Crippen LogP contribution < -0.4 is 15.6 Å². The summed E-state index contributed by atoms with van der Waals surface area (Å²) in [6, 6.07) is 6.45. The molecule has 0 aliphatic heterocycles. The van der Waals surface area contributed by atoms with Gasteiger partial charge in [-0.15, -0.1) is 0 Å². The van der Waals surface area contributed by atoms with Crippen molar-refractivity contribution in [3.8, 4) is 17.0 Å². The molecule has 0 bridgehead atoms. The maximum atomic E-state index is 13.3. The SMILES string of the molecule is COc1cc(F)ccc1-c1ccc(=O)n(CC(=O)NCC(=O)O)n1. The van der Waals surface area contributed by atoms with E-state index in [1.54, 1.807) is 0 Å². The average Bonchev–Trinajstić information content (AvgIpc) is 2.55. The smallest absolute Gasteiger partial charge is 0.322 e. The zero-order valence-corrected chi connectivity index (χ0v) is 12.7. The molecule has 0 saturated carbocycles. The number of hydrogen-bond acceptors (Lipinski definition) is 5. The Morgan fingerprint density at radius 2 is 2.08 bits per heavy atom. The Morgan fingerprint density at radius 3 is 2.75 bits per heavy atom. The van der Waals surface area contributed by atoms with Crippen molar-refractivity contribution in [1.29, 1.82) is 0 Å². The van der Waals surface area contributed by atoms with Crippen molar-refractivity contribution in [2.75, 3.05) is 13.7 Å². The van der Waals surface area contributed by atoms with Gasteiger partial charge in [0, 0.05) is 17.7 Å². The minimum atomic E-state index is -1.20. The molecule has 2 aromatic rings. The summed E-state index contributed by atoms with van der Waals surface area (Å²) in [5.74, 6) is -2.14. The molecule has 0 atom stereocenters. The molecule has 2 rings (SSSR count). The highest BCUT2D eigenvalue weighted by molar-refractivity contribution is 5.80. The molecule has 0 spiro atoms. The molecule has 1 amide bonds. The normalized spacial score (nSPS) is 10.2. The zero-order chi connectivity index (χ0) is 17.7. The summed E-state index contributed by atoms with van der Waals surface area (Å²) in [5.41, 5.74) is 0.210. The molecule has 0 radical (unpaired) electrons. The highest BCUT2D eigenvalue weighted by atomic mass is 19.1. The lowest BCUT2D eigenvalue weighted by Crippen LogP contribution is -2.36. The molecular formula is C15H14FN3O5. The van der Waals surface area contributed by atoms with Gasteiger partial charge in [-0.2, -0.15) is 5.10 Å². The zero-order valence-electron chi connectivity index (χ0n) is 12.7. The molecule has 1 aromatic heterocycles. The van der Waals surface area contributed by atoms with E-state index in [-0.39, 0.29) is 5.75 Å². The highest BCUT2D eigenvalue weighted by Crippen LogP contribution is 2.28. The molecule has 0 fully saturated rings. The fourth-order valence-corrected chi connectivity index (χ4v) is 1.95. The molecule has 8 nitrogen and oxygen atoms in total. The number of carboxylic acids is 1. The first kappa shape index (κ1) is 17.1. The second-order valence-corrected chi connectivity index (χ2v) is 4.73. The Labute approximate surface area is 135 Å². The number of rotatable bonds is 6. The van der Waals surface area contributed by atoms with Crippen LogP contribution in [0.15, 0.2) is 35.1 Å². The van der Waals surface area contributed by atoms with Crippen LogP contribution in [-0.2, 0) is 16.1 Å². The van der Waals surface area contributed by atoms with E-state index in [1.807, 2.05) is 0 Å². The first-order valence-electron chi connectivity index (χ1n) is 6.81. The Hall–Kier alpha value is -3.23. The van der Waals surface area contributed by atoms with Gasteiger partial charge in [-0.25, -0.2) is 9.07 Å². The van der Waals surface area contributed by atoms with Gasteiger partial charge >= 0.3 is 5.97 Å². The molecule has 24 heavy (non-hydrogen) atoms. The number of carbonyl (C=O) groups excluding carboxylic acids is 1. The Kier molecular flexibility index (Phi) is 5.25. The standard InChI is InChI=1S/C15H14FN3O5/c1-24-12-6-9(16)2-3-10(12)11-4-5-14(21)19(18-11)8-13(20)17-7-15(22)23/h2-6H,7-8H2,1H3,(H,17,20)(H,22,23). The van der Waals surface area contributed by atoms with Crippen LogP contribution in [0, 0.1) is 5.82 Å². The third kappa shape index (κ3) is 4.15. The van der Waals surface area contributed by atoms with Gasteiger partial charge in [0.1, 0.15) is 24.7 Å². The van der Waals surface area contributed by atoms with Gasteiger partial charge in [-0.3, -0.25) is 14.4 Å². The fourth-order valence-electron chi connectivity index (χ4n) is 1.95. The maximum Gasteiger partial charge on any atom is 0.322 e. The minimum absolute atomic E-state index is 0.225. The van der Waals surface area contributed by atoms with Gasteiger partial charge in [0.15, 0.2) is 0 Å². The van der Waals surface area contributed by atoms with Crippen LogP contribution in [-0.4, -0.2) is 40.4 Å². The number of nitrogens with zero attached hydrogens (tertiary/aromatic N) is 2. The molecule has 0 saturated heterocycles. The van der Waals surface area contributed by atoms with Gasteiger partial charge in [0.25, 0.3) is 5.56 Å². The van der Waals surface area contributed by atoms with Crippen molar-refractivity contribution in [1.82, 2.24) is 15.1 Å². The Bertz CT molecular complexity index is 834. The molecule has 9 heteroatoms. The third-order valence-corrected chi connectivity index (χ3v) is 3.04. The molecule has 1 aromatic carbocycles. The first-order chi connectivity index (χ1) is 11.4. The van der Waals surface area contributed by atoms with Crippen LogP contribution in [0.2, 0.25) is 0 Å². The molecule has 1 heterocycles. The minimum Gasteiger partial charge on any atom is -0.496 e. The largest absolute Gasteiger partial charge is 0.496 e.